The molecule has 0 amide bonds. The molecule has 4 nitrogen and oxygen atoms in total. The summed E-state index contributed by atoms with van der Waals surface area (Å²) in [6, 6.07) is 14.6. The highest BCUT2D eigenvalue weighted by Gasteiger charge is 2.50. The summed E-state index contributed by atoms with van der Waals surface area (Å²) in [5.74, 6) is -0.222. The molecule has 3 rings (SSSR count). The number of hydrogen-bond acceptors (Lipinski definition) is 4. The van der Waals surface area contributed by atoms with Crippen molar-refractivity contribution in [3.05, 3.63) is 65.0 Å². The molecule has 1 saturated heterocycles. The molecule has 152 valence electrons. The van der Waals surface area contributed by atoms with Gasteiger partial charge in [0.25, 0.3) is 0 Å². The molecule has 6 heteroatoms. The molecular formula is C23H27BFNO3. The second-order valence-electron chi connectivity index (χ2n) is 8.44. The van der Waals surface area contributed by atoms with Crippen molar-refractivity contribution in [2.24, 2.45) is 0 Å². The van der Waals surface area contributed by atoms with Crippen molar-refractivity contribution >= 4 is 7.12 Å². The monoisotopic (exact) mass is 395 g/mol. The van der Waals surface area contributed by atoms with Crippen LogP contribution in [0, 0.1) is 17.1 Å². The first kappa shape index (κ1) is 21.4. The van der Waals surface area contributed by atoms with Crippen LogP contribution in [0.15, 0.2) is 42.5 Å². The van der Waals surface area contributed by atoms with E-state index in [2.05, 4.69) is 6.07 Å². The summed E-state index contributed by atoms with van der Waals surface area (Å²) >= 11 is 0. The van der Waals surface area contributed by atoms with Crippen LogP contribution >= 0.6 is 0 Å². The molecule has 1 aliphatic heterocycles. The molecular weight excluding hydrogens is 368 g/mol. The molecule has 0 unspecified atom stereocenters. The molecule has 0 saturated carbocycles. The molecule has 2 aromatic carbocycles. The lowest BCUT2D eigenvalue weighted by atomic mass is 9.76. The van der Waals surface area contributed by atoms with Crippen molar-refractivity contribution in [1.82, 2.24) is 0 Å². The van der Waals surface area contributed by atoms with Crippen LogP contribution in [0.25, 0.3) is 0 Å². The topological polar surface area (TPSA) is 51.5 Å². The molecule has 1 atom stereocenters. The van der Waals surface area contributed by atoms with Crippen LogP contribution in [-0.2, 0) is 9.31 Å². The van der Waals surface area contributed by atoms with Gasteiger partial charge in [0.05, 0.1) is 29.9 Å². The van der Waals surface area contributed by atoms with Crippen molar-refractivity contribution in [2.45, 2.75) is 57.6 Å². The Morgan fingerprint density at radius 1 is 1.03 bits per heavy atom. The van der Waals surface area contributed by atoms with Crippen molar-refractivity contribution in [3.8, 4) is 11.8 Å². The van der Waals surface area contributed by atoms with Crippen molar-refractivity contribution in [1.29, 1.82) is 5.26 Å². The molecule has 0 aromatic heterocycles. The summed E-state index contributed by atoms with van der Waals surface area (Å²) in [7, 11) is 1.14. The van der Waals surface area contributed by atoms with E-state index in [1.165, 1.54) is 13.2 Å². The van der Waals surface area contributed by atoms with E-state index in [1.807, 2.05) is 45.9 Å². The molecule has 0 aliphatic carbocycles. The third-order valence-corrected chi connectivity index (χ3v) is 6.01. The van der Waals surface area contributed by atoms with E-state index in [-0.39, 0.29) is 35.8 Å². The number of benzene rings is 2. The number of halogens is 1. The number of nitrogens with zero attached hydrogens (tertiary/aromatic N) is 1. The van der Waals surface area contributed by atoms with Crippen molar-refractivity contribution < 1.29 is 18.4 Å². The molecule has 1 fully saturated rings. The minimum Gasteiger partial charge on any atom is -0.494 e. The first-order chi connectivity index (χ1) is 13.7. The quantitative estimate of drug-likeness (QED) is 0.622. The Labute approximate surface area is 172 Å². The normalized spacial score (nSPS) is 18.3. The zero-order chi connectivity index (χ0) is 21.2. The Morgan fingerprint density at radius 3 is 2.14 bits per heavy atom. The molecule has 0 bridgehead atoms. The zero-order valence-corrected chi connectivity index (χ0v) is 17.7. The van der Waals surface area contributed by atoms with E-state index >= 15 is 0 Å². The Morgan fingerprint density at radius 2 is 1.62 bits per heavy atom. The minimum atomic E-state index is -0.390. The highest BCUT2D eigenvalue weighted by molar-refractivity contribution is 6.45. The first-order valence-electron chi connectivity index (χ1n) is 9.86. The summed E-state index contributed by atoms with van der Waals surface area (Å²) in [4.78, 5) is 0. The van der Waals surface area contributed by atoms with Crippen LogP contribution < -0.4 is 4.74 Å². The molecule has 0 radical (unpaired) electrons. The van der Waals surface area contributed by atoms with Gasteiger partial charge in [-0.25, -0.2) is 4.39 Å². The van der Waals surface area contributed by atoms with Gasteiger partial charge in [-0.2, -0.15) is 5.26 Å². The smallest absolute Gasteiger partial charge is 0.457 e. The fourth-order valence-electron chi connectivity index (χ4n) is 3.60. The largest absolute Gasteiger partial charge is 0.494 e. The Balaban J connectivity index is 1.85. The van der Waals surface area contributed by atoms with E-state index in [4.69, 9.17) is 19.3 Å². The van der Waals surface area contributed by atoms with Crippen molar-refractivity contribution in [3.63, 3.8) is 0 Å². The molecule has 0 N–H and O–H groups in total. The number of methoxy groups -OCH3 is 1. The van der Waals surface area contributed by atoms with Gasteiger partial charge in [0.15, 0.2) is 11.6 Å². The van der Waals surface area contributed by atoms with Gasteiger partial charge in [0.1, 0.15) is 0 Å². The average Bonchev–Trinajstić information content (AvgIpc) is 2.89. The highest BCUT2D eigenvalue weighted by atomic mass is 19.1. The van der Waals surface area contributed by atoms with Gasteiger partial charge in [0, 0.05) is 5.92 Å². The second-order valence-corrected chi connectivity index (χ2v) is 8.44. The summed E-state index contributed by atoms with van der Waals surface area (Å²) in [6.45, 7) is 8.13. The van der Waals surface area contributed by atoms with Gasteiger partial charge < -0.3 is 14.0 Å². The van der Waals surface area contributed by atoms with Crippen LogP contribution in [0.5, 0.6) is 5.75 Å². The Bertz CT molecular complexity index is 889. The van der Waals surface area contributed by atoms with E-state index in [0.29, 0.717) is 18.3 Å². The first-order valence-corrected chi connectivity index (χ1v) is 9.86. The van der Waals surface area contributed by atoms with Gasteiger partial charge >= 0.3 is 7.12 Å². The second kappa shape index (κ2) is 8.18. The predicted octanol–water partition coefficient (Wildman–Crippen LogP) is 5.32. The standard InChI is InChI=1S/C23H27BFNO3/c1-22(2)23(3,4)29-24(28-22)13-12-19(17-8-6-16(15-26)7-9-17)18-10-11-21(27-5)20(25)14-18/h6-11,14,19H,12-13H2,1-5H3/t19-/m1/s1. The zero-order valence-electron chi connectivity index (χ0n) is 17.7. The average molecular weight is 395 g/mol. The van der Waals surface area contributed by atoms with Crippen LogP contribution in [0.4, 0.5) is 4.39 Å². The van der Waals surface area contributed by atoms with Crippen LogP contribution in [0.1, 0.15) is 56.7 Å². The fourth-order valence-corrected chi connectivity index (χ4v) is 3.60. The number of ether oxygens (including phenoxy) is 1. The van der Waals surface area contributed by atoms with Gasteiger partial charge in [-0.15, -0.1) is 0 Å². The SMILES string of the molecule is COc1ccc([C@H](CCB2OC(C)(C)C(C)(C)O2)c2ccc(C#N)cc2)cc1F. The number of rotatable bonds is 6. The summed E-state index contributed by atoms with van der Waals surface area (Å²) in [5.41, 5.74) is 1.70. The summed E-state index contributed by atoms with van der Waals surface area (Å²) in [5, 5.41) is 9.08. The van der Waals surface area contributed by atoms with E-state index in [0.717, 1.165) is 11.1 Å². The van der Waals surface area contributed by atoms with E-state index in [1.54, 1.807) is 18.2 Å². The van der Waals surface area contributed by atoms with Crippen LogP contribution in [0.2, 0.25) is 6.32 Å². The van der Waals surface area contributed by atoms with Crippen LogP contribution in [0.3, 0.4) is 0 Å². The molecule has 0 spiro atoms. The van der Waals surface area contributed by atoms with E-state index in [9.17, 15) is 4.39 Å². The Hall–Kier alpha value is -2.36. The van der Waals surface area contributed by atoms with Gasteiger partial charge in [0.2, 0.25) is 0 Å². The molecule has 1 aliphatic rings. The lowest BCUT2D eigenvalue weighted by Gasteiger charge is -2.32. The third kappa shape index (κ3) is 4.47. The maximum absolute atomic E-state index is 14.4. The van der Waals surface area contributed by atoms with Crippen molar-refractivity contribution in [2.75, 3.05) is 7.11 Å². The van der Waals surface area contributed by atoms with Gasteiger partial charge in [-0.3, -0.25) is 0 Å². The van der Waals surface area contributed by atoms with Gasteiger partial charge in [-0.05, 0) is 75.8 Å². The van der Waals surface area contributed by atoms with Crippen LogP contribution in [-0.4, -0.2) is 25.4 Å². The fraction of sp³-hybridized carbons (Fsp3) is 0.435. The minimum absolute atomic E-state index is 0.0535. The number of hydrogen-bond donors (Lipinski definition) is 0. The molecule has 1 heterocycles. The lowest BCUT2D eigenvalue weighted by molar-refractivity contribution is 0.00578. The van der Waals surface area contributed by atoms with E-state index < -0.39 is 0 Å². The third-order valence-electron chi connectivity index (χ3n) is 6.01. The maximum Gasteiger partial charge on any atom is 0.457 e. The highest BCUT2D eigenvalue weighted by Crippen LogP contribution is 2.40. The summed E-state index contributed by atoms with van der Waals surface area (Å²) in [6.07, 6.45) is 1.39. The Kier molecular flexibility index (Phi) is 6.02. The maximum atomic E-state index is 14.4. The number of nitriles is 1. The van der Waals surface area contributed by atoms with Gasteiger partial charge in [-0.1, -0.05) is 18.2 Å². The predicted molar refractivity (Wildman–Crippen MR) is 111 cm³/mol. The molecule has 2 aromatic rings. The summed E-state index contributed by atoms with van der Waals surface area (Å²) < 4.78 is 31.7. The lowest BCUT2D eigenvalue weighted by Crippen LogP contribution is -2.41. The molecule has 29 heavy (non-hydrogen) atoms.